The SMILES string of the molecule is COc1ccc(/C=C/C(=O)OCCCNC(=O)c2cc3ccccc3oc2=O)cc1. The van der Waals surface area contributed by atoms with Crippen LogP contribution in [-0.4, -0.2) is 32.1 Å². The molecule has 0 aliphatic rings. The first-order chi connectivity index (χ1) is 14.6. The predicted octanol–water partition coefficient (Wildman–Crippen LogP) is 3.18. The van der Waals surface area contributed by atoms with Gasteiger partial charge < -0.3 is 19.2 Å². The number of ether oxygens (including phenoxy) is 2. The summed E-state index contributed by atoms with van der Waals surface area (Å²) in [6.07, 6.45) is 3.38. The molecule has 0 aliphatic carbocycles. The number of carbonyl (C=O) groups is 2. The number of nitrogens with one attached hydrogen (secondary N) is 1. The summed E-state index contributed by atoms with van der Waals surface area (Å²) < 4.78 is 15.3. The van der Waals surface area contributed by atoms with Gasteiger partial charge in [0.05, 0.1) is 13.7 Å². The minimum Gasteiger partial charge on any atom is -0.497 e. The van der Waals surface area contributed by atoms with Crippen molar-refractivity contribution in [3.8, 4) is 5.75 Å². The van der Waals surface area contributed by atoms with Gasteiger partial charge in [0.1, 0.15) is 16.9 Å². The van der Waals surface area contributed by atoms with Crippen molar-refractivity contribution in [3.05, 3.63) is 82.2 Å². The van der Waals surface area contributed by atoms with E-state index in [-0.39, 0.29) is 18.7 Å². The average molecular weight is 407 g/mol. The molecular weight excluding hydrogens is 386 g/mol. The summed E-state index contributed by atoms with van der Waals surface area (Å²) in [7, 11) is 1.58. The Bertz CT molecular complexity index is 1110. The van der Waals surface area contributed by atoms with E-state index in [4.69, 9.17) is 13.9 Å². The molecule has 1 heterocycles. The van der Waals surface area contributed by atoms with Gasteiger partial charge in [0, 0.05) is 18.0 Å². The van der Waals surface area contributed by atoms with E-state index in [9.17, 15) is 14.4 Å². The zero-order valence-electron chi connectivity index (χ0n) is 16.4. The van der Waals surface area contributed by atoms with Crippen molar-refractivity contribution in [1.29, 1.82) is 0 Å². The largest absolute Gasteiger partial charge is 0.497 e. The van der Waals surface area contributed by atoms with Gasteiger partial charge in [-0.15, -0.1) is 0 Å². The molecule has 2 aromatic carbocycles. The zero-order valence-corrected chi connectivity index (χ0v) is 16.4. The molecule has 1 aromatic heterocycles. The van der Waals surface area contributed by atoms with E-state index < -0.39 is 17.5 Å². The minimum atomic E-state index is -0.693. The number of esters is 1. The Morgan fingerprint density at radius 1 is 1.10 bits per heavy atom. The molecule has 3 rings (SSSR count). The van der Waals surface area contributed by atoms with Gasteiger partial charge in [-0.3, -0.25) is 4.79 Å². The maximum atomic E-state index is 12.2. The van der Waals surface area contributed by atoms with Crippen LogP contribution in [0.3, 0.4) is 0 Å². The Labute approximate surface area is 172 Å². The molecule has 0 fully saturated rings. The van der Waals surface area contributed by atoms with Gasteiger partial charge in [0.25, 0.3) is 5.91 Å². The molecule has 30 heavy (non-hydrogen) atoms. The molecule has 0 aliphatic heterocycles. The topological polar surface area (TPSA) is 94.8 Å². The second-order valence-electron chi connectivity index (χ2n) is 6.37. The van der Waals surface area contributed by atoms with Crippen molar-refractivity contribution in [2.75, 3.05) is 20.3 Å². The summed E-state index contributed by atoms with van der Waals surface area (Å²) in [6, 6.07) is 15.7. The van der Waals surface area contributed by atoms with Gasteiger partial charge in [0.2, 0.25) is 0 Å². The van der Waals surface area contributed by atoms with Gasteiger partial charge in [-0.2, -0.15) is 0 Å². The van der Waals surface area contributed by atoms with Gasteiger partial charge in [-0.05, 0) is 42.3 Å². The van der Waals surface area contributed by atoms with Crippen molar-refractivity contribution in [3.63, 3.8) is 0 Å². The molecule has 1 N–H and O–H groups in total. The van der Waals surface area contributed by atoms with Crippen molar-refractivity contribution in [1.82, 2.24) is 5.32 Å². The number of rotatable bonds is 8. The van der Waals surface area contributed by atoms with Crippen molar-refractivity contribution >= 4 is 28.9 Å². The summed E-state index contributed by atoms with van der Waals surface area (Å²) in [5.74, 6) is -0.272. The van der Waals surface area contributed by atoms with E-state index >= 15 is 0 Å². The maximum Gasteiger partial charge on any atom is 0.349 e. The van der Waals surface area contributed by atoms with Crippen LogP contribution in [0.25, 0.3) is 17.0 Å². The van der Waals surface area contributed by atoms with Crippen LogP contribution < -0.4 is 15.7 Å². The summed E-state index contributed by atoms with van der Waals surface area (Å²) in [5.41, 5.74) is 0.511. The summed E-state index contributed by atoms with van der Waals surface area (Å²) in [6.45, 7) is 0.388. The third-order valence-electron chi connectivity index (χ3n) is 4.26. The number of benzene rings is 2. The lowest BCUT2D eigenvalue weighted by molar-refractivity contribution is -0.137. The van der Waals surface area contributed by atoms with Gasteiger partial charge >= 0.3 is 11.6 Å². The summed E-state index contributed by atoms with van der Waals surface area (Å²) in [4.78, 5) is 35.9. The average Bonchev–Trinajstić information content (AvgIpc) is 2.77. The first-order valence-electron chi connectivity index (χ1n) is 9.37. The quantitative estimate of drug-likeness (QED) is 0.267. The molecule has 0 radical (unpaired) electrons. The number of para-hydroxylation sites is 1. The molecule has 7 nitrogen and oxygen atoms in total. The molecule has 154 valence electrons. The molecule has 1 amide bonds. The lowest BCUT2D eigenvalue weighted by Crippen LogP contribution is -2.29. The van der Waals surface area contributed by atoms with Crippen molar-refractivity contribution < 1.29 is 23.5 Å². The highest BCUT2D eigenvalue weighted by molar-refractivity contribution is 5.96. The minimum absolute atomic E-state index is 0.0619. The Balaban J connectivity index is 1.42. The fourth-order valence-electron chi connectivity index (χ4n) is 2.69. The number of amides is 1. The van der Waals surface area contributed by atoms with Crippen LogP contribution in [0.15, 0.2) is 69.9 Å². The second kappa shape index (κ2) is 10.1. The fourth-order valence-corrected chi connectivity index (χ4v) is 2.69. The fraction of sp³-hybridized carbons (Fsp3) is 0.174. The van der Waals surface area contributed by atoms with Crippen LogP contribution in [0, 0.1) is 0 Å². The molecule has 0 saturated heterocycles. The highest BCUT2D eigenvalue weighted by atomic mass is 16.5. The van der Waals surface area contributed by atoms with Gasteiger partial charge in [-0.25, -0.2) is 9.59 Å². The van der Waals surface area contributed by atoms with E-state index in [1.165, 1.54) is 12.1 Å². The Hall–Kier alpha value is -3.87. The van der Waals surface area contributed by atoms with Crippen LogP contribution in [0.2, 0.25) is 0 Å². The lowest BCUT2D eigenvalue weighted by atomic mass is 10.2. The zero-order chi connectivity index (χ0) is 21.3. The van der Waals surface area contributed by atoms with E-state index in [0.717, 1.165) is 11.3 Å². The Morgan fingerprint density at radius 2 is 1.87 bits per heavy atom. The third kappa shape index (κ3) is 5.57. The molecule has 0 spiro atoms. The second-order valence-corrected chi connectivity index (χ2v) is 6.37. The number of carbonyl (C=O) groups excluding carboxylic acids is 2. The highest BCUT2D eigenvalue weighted by Gasteiger charge is 2.13. The molecule has 0 atom stereocenters. The van der Waals surface area contributed by atoms with Crippen LogP contribution in [0.1, 0.15) is 22.3 Å². The molecular formula is C23H21NO6. The molecule has 7 heteroatoms. The highest BCUT2D eigenvalue weighted by Crippen LogP contribution is 2.13. The molecule has 0 unspecified atom stereocenters. The molecule has 0 bridgehead atoms. The predicted molar refractivity (Wildman–Crippen MR) is 112 cm³/mol. The number of fused-ring (bicyclic) bond motifs is 1. The molecule has 0 saturated carbocycles. The third-order valence-corrected chi connectivity index (χ3v) is 4.26. The normalized spacial score (nSPS) is 10.8. The van der Waals surface area contributed by atoms with E-state index in [1.54, 1.807) is 49.6 Å². The van der Waals surface area contributed by atoms with E-state index in [0.29, 0.717) is 17.4 Å². The van der Waals surface area contributed by atoms with Crippen LogP contribution in [0.4, 0.5) is 0 Å². The van der Waals surface area contributed by atoms with E-state index in [1.807, 2.05) is 12.1 Å². The monoisotopic (exact) mass is 407 g/mol. The Morgan fingerprint density at radius 3 is 2.63 bits per heavy atom. The van der Waals surface area contributed by atoms with Crippen LogP contribution >= 0.6 is 0 Å². The van der Waals surface area contributed by atoms with Crippen LogP contribution in [0.5, 0.6) is 5.75 Å². The molecule has 3 aromatic rings. The van der Waals surface area contributed by atoms with E-state index in [2.05, 4.69) is 5.32 Å². The summed E-state index contributed by atoms with van der Waals surface area (Å²) >= 11 is 0. The first kappa shape index (κ1) is 20.9. The standard InChI is InChI=1S/C23H21NO6/c1-28-18-10-7-16(8-11-18)9-12-21(25)29-14-4-13-24-22(26)19-15-17-5-2-3-6-20(17)30-23(19)27/h2-3,5-12,15H,4,13-14H2,1H3,(H,24,26)/b12-9+. The first-order valence-corrected chi connectivity index (χ1v) is 9.37. The summed E-state index contributed by atoms with van der Waals surface area (Å²) in [5, 5.41) is 3.29. The van der Waals surface area contributed by atoms with Crippen molar-refractivity contribution in [2.45, 2.75) is 6.42 Å². The lowest BCUT2D eigenvalue weighted by Gasteiger charge is -2.05. The smallest absolute Gasteiger partial charge is 0.349 e. The Kier molecular flexibility index (Phi) is 7.00. The number of hydrogen-bond donors (Lipinski definition) is 1. The van der Waals surface area contributed by atoms with Crippen LogP contribution in [-0.2, 0) is 9.53 Å². The maximum absolute atomic E-state index is 12.2. The van der Waals surface area contributed by atoms with Gasteiger partial charge in [-0.1, -0.05) is 30.3 Å². The number of hydrogen-bond acceptors (Lipinski definition) is 6. The van der Waals surface area contributed by atoms with Crippen molar-refractivity contribution in [2.24, 2.45) is 0 Å². The van der Waals surface area contributed by atoms with Gasteiger partial charge in [0.15, 0.2) is 0 Å². The number of methoxy groups -OCH3 is 1.